The number of carbonyl (C=O) groups excluding carboxylic acids is 1. The third kappa shape index (κ3) is 13.2. The number of hydrogen-bond donors (Lipinski definition) is 0. The standard InChI is InChI=1S/C14H26O2/c1-3-4-5-6-7-8-9-10-11-12-13-16-14(2)15/h9-10H,3-8,11-13H2,1-2H3/b10-9+. The van der Waals surface area contributed by atoms with Gasteiger partial charge in [-0.15, -0.1) is 0 Å². The first-order valence-electron chi connectivity index (χ1n) is 6.55. The summed E-state index contributed by atoms with van der Waals surface area (Å²) in [5, 5.41) is 0. The van der Waals surface area contributed by atoms with E-state index in [1.807, 2.05) is 0 Å². The molecule has 2 heteroatoms. The van der Waals surface area contributed by atoms with Gasteiger partial charge in [-0.1, -0.05) is 44.8 Å². The minimum absolute atomic E-state index is 0.181. The number of rotatable bonds is 10. The van der Waals surface area contributed by atoms with E-state index in [-0.39, 0.29) is 5.97 Å². The van der Waals surface area contributed by atoms with E-state index in [0.29, 0.717) is 6.61 Å². The molecule has 0 rings (SSSR count). The molecule has 0 saturated heterocycles. The molecule has 0 aliphatic heterocycles. The summed E-state index contributed by atoms with van der Waals surface area (Å²) in [7, 11) is 0. The van der Waals surface area contributed by atoms with Crippen molar-refractivity contribution in [2.45, 2.75) is 65.2 Å². The molecule has 0 N–H and O–H groups in total. The van der Waals surface area contributed by atoms with E-state index in [1.165, 1.54) is 45.4 Å². The highest BCUT2D eigenvalue weighted by atomic mass is 16.5. The fraction of sp³-hybridized carbons (Fsp3) is 0.786. The smallest absolute Gasteiger partial charge is 0.302 e. The Balaban J connectivity index is 3.07. The van der Waals surface area contributed by atoms with Crippen LogP contribution in [0.15, 0.2) is 12.2 Å². The van der Waals surface area contributed by atoms with Crippen LogP contribution >= 0.6 is 0 Å². The number of carbonyl (C=O) groups is 1. The van der Waals surface area contributed by atoms with Gasteiger partial charge in [0.15, 0.2) is 0 Å². The van der Waals surface area contributed by atoms with Crippen molar-refractivity contribution in [3.05, 3.63) is 12.2 Å². The SMILES string of the molecule is CCCCCCC/C=C/CCCOC(C)=O. The molecule has 16 heavy (non-hydrogen) atoms. The van der Waals surface area contributed by atoms with Crippen molar-refractivity contribution in [1.82, 2.24) is 0 Å². The third-order valence-electron chi connectivity index (χ3n) is 2.46. The van der Waals surface area contributed by atoms with Crippen LogP contribution in [0.25, 0.3) is 0 Å². The lowest BCUT2D eigenvalue weighted by Gasteiger charge is -1.98. The van der Waals surface area contributed by atoms with E-state index in [1.54, 1.807) is 0 Å². The average Bonchev–Trinajstić information content (AvgIpc) is 2.25. The second kappa shape index (κ2) is 12.3. The molecule has 2 nitrogen and oxygen atoms in total. The molecule has 0 aromatic carbocycles. The minimum atomic E-state index is -0.181. The second-order valence-electron chi connectivity index (χ2n) is 4.16. The zero-order valence-corrected chi connectivity index (χ0v) is 10.8. The van der Waals surface area contributed by atoms with Crippen molar-refractivity contribution in [3.63, 3.8) is 0 Å². The maximum absolute atomic E-state index is 10.5. The third-order valence-corrected chi connectivity index (χ3v) is 2.46. The second-order valence-corrected chi connectivity index (χ2v) is 4.16. The molecule has 0 aliphatic rings. The number of allylic oxidation sites excluding steroid dienone is 2. The van der Waals surface area contributed by atoms with Crippen molar-refractivity contribution in [1.29, 1.82) is 0 Å². The van der Waals surface area contributed by atoms with Crippen LogP contribution in [0.4, 0.5) is 0 Å². The van der Waals surface area contributed by atoms with Gasteiger partial charge in [-0.25, -0.2) is 0 Å². The van der Waals surface area contributed by atoms with Gasteiger partial charge in [0.1, 0.15) is 0 Å². The van der Waals surface area contributed by atoms with Crippen molar-refractivity contribution in [2.75, 3.05) is 6.61 Å². The van der Waals surface area contributed by atoms with Crippen LogP contribution in [0.2, 0.25) is 0 Å². The van der Waals surface area contributed by atoms with Crippen LogP contribution in [0.3, 0.4) is 0 Å². The molecular formula is C14H26O2. The van der Waals surface area contributed by atoms with E-state index in [2.05, 4.69) is 19.1 Å². The van der Waals surface area contributed by atoms with E-state index in [0.717, 1.165) is 12.8 Å². The Bertz CT molecular complexity index is 185. The van der Waals surface area contributed by atoms with Crippen LogP contribution in [-0.2, 0) is 9.53 Å². The Morgan fingerprint density at radius 2 is 1.62 bits per heavy atom. The maximum atomic E-state index is 10.5. The molecule has 0 amide bonds. The predicted octanol–water partition coefficient (Wildman–Crippen LogP) is 4.25. The average molecular weight is 226 g/mol. The molecule has 0 unspecified atom stereocenters. The largest absolute Gasteiger partial charge is 0.466 e. The van der Waals surface area contributed by atoms with Gasteiger partial charge in [0.2, 0.25) is 0 Å². The molecule has 0 heterocycles. The minimum Gasteiger partial charge on any atom is -0.466 e. The lowest BCUT2D eigenvalue weighted by Crippen LogP contribution is -1.99. The zero-order valence-electron chi connectivity index (χ0n) is 10.8. The highest BCUT2D eigenvalue weighted by Gasteiger charge is 1.90. The van der Waals surface area contributed by atoms with E-state index >= 15 is 0 Å². The summed E-state index contributed by atoms with van der Waals surface area (Å²) >= 11 is 0. The summed E-state index contributed by atoms with van der Waals surface area (Å²) in [4.78, 5) is 10.5. The summed E-state index contributed by atoms with van der Waals surface area (Å²) < 4.78 is 4.84. The van der Waals surface area contributed by atoms with Gasteiger partial charge in [0, 0.05) is 6.92 Å². The summed E-state index contributed by atoms with van der Waals surface area (Å²) in [6.45, 7) is 4.24. The van der Waals surface area contributed by atoms with Gasteiger partial charge in [-0.05, 0) is 25.7 Å². The molecule has 0 radical (unpaired) electrons. The molecule has 94 valence electrons. The molecule has 0 bridgehead atoms. The van der Waals surface area contributed by atoms with Crippen molar-refractivity contribution < 1.29 is 9.53 Å². The van der Waals surface area contributed by atoms with Crippen molar-refractivity contribution in [2.24, 2.45) is 0 Å². The van der Waals surface area contributed by atoms with E-state index < -0.39 is 0 Å². The molecule has 0 fully saturated rings. The van der Waals surface area contributed by atoms with Crippen LogP contribution in [-0.4, -0.2) is 12.6 Å². The monoisotopic (exact) mass is 226 g/mol. The van der Waals surface area contributed by atoms with Gasteiger partial charge in [-0.2, -0.15) is 0 Å². The van der Waals surface area contributed by atoms with Crippen LogP contribution in [0.1, 0.15) is 65.2 Å². The Kier molecular flexibility index (Phi) is 11.7. The van der Waals surface area contributed by atoms with E-state index in [4.69, 9.17) is 4.74 Å². The van der Waals surface area contributed by atoms with E-state index in [9.17, 15) is 4.79 Å². The highest BCUT2D eigenvalue weighted by Crippen LogP contribution is 2.05. The Morgan fingerprint density at radius 1 is 1.00 bits per heavy atom. The first kappa shape index (κ1) is 15.2. The molecular weight excluding hydrogens is 200 g/mol. The Hall–Kier alpha value is -0.790. The number of esters is 1. The van der Waals surface area contributed by atoms with Crippen LogP contribution < -0.4 is 0 Å². The topological polar surface area (TPSA) is 26.3 Å². The molecule has 0 saturated carbocycles. The lowest BCUT2D eigenvalue weighted by molar-refractivity contribution is -0.141. The van der Waals surface area contributed by atoms with Crippen LogP contribution in [0.5, 0.6) is 0 Å². The summed E-state index contributed by atoms with van der Waals surface area (Å²) in [6, 6.07) is 0. The number of unbranched alkanes of at least 4 members (excludes halogenated alkanes) is 6. The van der Waals surface area contributed by atoms with Gasteiger partial charge in [0.05, 0.1) is 6.61 Å². The van der Waals surface area contributed by atoms with Gasteiger partial charge in [0.25, 0.3) is 0 Å². The molecule has 0 spiro atoms. The van der Waals surface area contributed by atoms with Crippen molar-refractivity contribution in [3.8, 4) is 0 Å². The maximum Gasteiger partial charge on any atom is 0.302 e. The van der Waals surface area contributed by atoms with Crippen LogP contribution in [0, 0.1) is 0 Å². The first-order valence-corrected chi connectivity index (χ1v) is 6.55. The zero-order chi connectivity index (χ0) is 12.1. The summed E-state index contributed by atoms with van der Waals surface area (Å²) in [6.07, 6.45) is 14.3. The van der Waals surface area contributed by atoms with Crippen molar-refractivity contribution >= 4 is 5.97 Å². The van der Waals surface area contributed by atoms with Gasteiger partial charge >= 0.3 is 5.97 Å². The summed E-state index contributed by atoms with van der Waals surface area (Å²) in [5.41, 5.74) is 0. The molecule has 0 atom stereocenters. The van der Waals surface area contributed by atoms with Gasteiger partial charge in [-0.3, -0.25) is 4.79 Å². The molecule has 0 aliphatic carbocycles. The lowest BCUT2D eigenvalue weighted by atomic mass is 10.1. The fourth-order valence-corrected chi connectivity index (χ4v) is 1.52. The Labute approximate surface area is 100 Å². The summed E-state index contributed by atoms with van der Waals surface area (Å²) in [5.74, 6) is -0.181. The normalized spacial score (nSPS) is 10.9. The van der Waals surface area contributed by atoms with Gasteiger partial charge < -0.3 is 4.74 Å². The molecule has 0 aromatic rings. The molecule has 0 aromatic heterocycles. The number of hydrogen-bond acceptors (Lipinski definition) is 2. The fourth-order valence-electron chi connectivity index (χ4n) is 1.52. The number of ether oxygens (including phenoxy) is 1. The first-order chi connectivity index (χ1) is 7.77. The quantitative estimate of drug-likeness (QED) is 0.316. The predicted molar refractivity (Wildman–Crippen MR) is 68.4 cm³/mol. The highest BCUT2D eigenvalue weighted by molar-refractivity contribution is 5.65. The Morgan fingerprint density at radius 3 is 2.25 bits per heavy atom.